The summed E-state index contributed by atoms with van der Waals surface area (Å²) < 4.78 is 0. The first-order chi connectivity index (χ1) is 29.7. The average Bonchev–Trinajstić information content (AvgIpc) is 3.25. The number of carbonyl (C=O) groups is 1. The van der Waals surface area contributed by atoms with Crippen LogP contribution in [0.2, 0.25) is 0 Å². The molecule has 0 aliphatic heterocycles. The van der Waals surface area contributed by atoms with Crippen LogP contribution in [0, 0.1) is 0 Å². The van der Waals surface area contributed by atoms with E-state index >= 15 is 0 Å². The van der Waals surface area contributed by atoms with Crippen molar-refractivity contribution in [2.45, 2.75) is 283 Å². The van der Waals surface area contributed by atoms with Crippen molar-refractivity contribution in [3.8, 4) is 0 Å². The monoisotopic (exact) mass is 838 g/mol. The van der Waals surface area contributed by atoms with Crippen molar-refractivity contribution in [1.29, 1.82) is 0 Å². The highest BCUT2D eigenvalue weighted by atomic mass is 16.3. The SMILES string of the molecule is CCCCCC/C=C\C/C=C\CCCCCCCCCC(=O)NC(CO)C(O)/C=C/CC/C=C/CC/C=C/CCCCCCCCCCCCCCCCCCCCCC. The second-order valence-corrected chi connectivity index (χ2v) is 17.9. The van der Waals surface area contributed by atoms with Crippen molar-refractivity contribution in [3.63, 3.8) is 0 Å². The molecule has 0 aromatic heterocycles. The highest BCUT2D eigenvalue weighted by Gasteiger charge is 2.17. The maximum Gasteiger partial charge on any atom is 0.220 e. The van der Waals surface area contributed by atoms with Crippen LogP contribution in [0.4, 0.5) is 0 Å². The second-order valence-electron chi connectivity index (χ2n) is 17.9. The molecular formula is C56H103NO3. The molecule has 0 aliphatic carbocycles. The molecule has 4 heteroatoms. The van der Waals surface area contributed by atoms with Gasteiger partial charge in [0.2, 0.25) is 5.91 Å². The molecule has 1 amide bonds. The van der Waals surface area contributed by atoms with Crippen molar-refractivity contribution in [2.75, 3.05) is 6.61 Å². The van der Waals surface area contributed by atoms with Crippen LogP contribution in [-0.2, 0) is 4.79 Å². The summed E-state index contributed by atoms with van der Waals surface area (Å²) in [6.45, 7) is 4.29. The summed E-state index contributed by atoms with van der Waals surface area (Å²) in [4.78, 5) is 12.4. The van der Waals surface area contributed by atoms with Gasteiger partial charge in [-0.3, -0.25) is 4.79 Å². The number of rotatable bonds is 48. The molecule has 0 rings (SSSR count). The molecule has 0 fully saturated rings. The highest BCUT2D eigenvalue weighted by molar-refractivity contribution is 5.76. The number of nitrogens with one attached hydrogen (secondary N) is 1. The molecule has 60 heavy (non-hydrogen) atoms. The predicted octanol–water partition coefficient (Wildman–Crippen LogP) is 17.2. The maximum absolute atomic E-state index is 12.4. The van der Waals surface area contributed by atoms with Gasteiger partial charge in [0, 0.05) is 6.42 Å². The first-order valence-electron chi connectivity index (χ1n) is 26.5. The fourth-order valence-corrected chi connectivity index (χ4v) is 7.89. The van der Waals surface area contributed by atoms with Gasteiger partial charge in [-0.05, 0) is 77.0 Å². The molecule has 0 bridgehead atoms. The highest BCUT2D eigenvalue weighted by Crippen LogP contribution is 2.16. The van der Waals surface area contributed by atoms with Crippen LogP contribution in [0.5, 0.6) is 0 Å². The number of aliphatic hydroxyl groups excluding tert-OH is 2. The van der Waals surface area contributed by atoms with E-state index in [1.165, 1.54) is 199 Å². The summed E-state index contributed by atoms with van der Waals surface area (Å²) in [6, 6.07) is -0.652. The van der Waals surface area contributed by atoms with Gasteiger partial charge in [-0.25, -0.2) is 0 Å². The van der Waals surface area contributed by atoms with Gasteiger partial charge in [0.15, 0.2) is 0 Å². The lowest BCUT2D eigenvalue weighted by molar-refractivity contribution is -0.123. The van der Waals surface area contributed by atoms with Crippen molar-refractivity contribution < 1.29 is 15.0 Å². The summed E-state index contributed by atoms with van der Waals surface area (Å²) in [5, 5.41) is 23.1. The summed E-state index contributed by atoms with van der Waals surface area (Å²) >= 11 is 0. The zero-order valence-electron chi connectivity index (χ0n) is 40.2. The molecule has 0 spiro atoms. The Labute approximate surface area is 375 Å². The lowest BCUT2D eigenvalue weighted by Gasteiger charge is -2.19. The predicted molar refractivity (Wildman–Crippen MR) is 267 cm³/mol. The third-order valence-corrected chi connectivity index (χ3v) is 12.0. The van der Waals surface area contributed by atoms with Crippen LogP contribution in [-0.4, -0.2) is 34.9 Å². The normalized spacial score (nSPS) is 13.3. The van der Waals surface area contributed by atoms with Crippen molar-refractivity contribution in [1.82, 2.24) is 5.32 Å². The van der Waals surface area contributed by atoms with Gasteiger partial charge in [-0.15, -0.1) is 0 Å². The van der Waals surface area contributed by atoms with E-state index in [0.29, 0.717) is 6.42 Å². The Morgan fingerprint density at radius 2 is 0.700 bits per heavy atom. The lowest BCUT2D eigenvalue weighted by atomic mass is 10.0. The van der Waals surface area contributed by atoms with E-state index in [9.17, 15) is 15.0 Å². The number of carbonyl (C=O) groups excluding carboxylic acids is 1. The Bertz CT molecular complexity index is 996. The van der Waals surface area contributed by atoms with E-state index in [-0.39, 0.29) is 12.5 Å². The number of allylic oxidation sites excluding steroid dienone is 9. The van der Waals surface area contributed by atoms with Crippen LogP contribution in [0.15, 0.2) is 60.8 Å². The van der Waals surface area contributed by atoms with Crippen LogP contribution in [0.3, 0.4) is 0 Å². The molecular weight excluding hydrogens is 735 g/mol. The number of unbranched alkanes of at least 4 members (excludes halogenated alkanes) is 33. The Kier molecular flexibility index (Phi) is 49.8. The van der Waals surface area contributed by atoms with Crippen LogP contribution >= 0.6 is 0 Å². The molecule has 3 N–H and O–H groups in total. The molecule has 0 saturated heterocycles. The van der Waals surface area contributed by atoms with E-state index in [1.807, 2.05) is 6.08 Å². The van der Waals surface area contributed by atoms with Crippen molar-refractivity contribution >= 4 is 5.91 Å². The molecule has 0 aromatic carbocycles. The number of hydrogen-bond acceptors (Lipinski definition) is 3. The Balaban J connectivity index is 3.58. The van der Waals surface area contributed by atoms with Crippen LogP contribution < -0.4 is 5.32 Å². The fraction of sp³-hybridized carbons (Fsp3) is 0.804. The zero-order valence-corrected chi connectivity index (χ0v) is 40.2. The molecule has 4 nitrogen and oxygen atoms in total. The minimum Gasteiger partial charge on any atom is -0.394 e. The van der Waals surface area contributed by atoms with Crippen LogP contribution in [0.1, 0.15) is 271 Å². The molecule has 350 valence electrons. The van der Waals surface area contributed by atoms with Gasteiger partial charge in [0.25, 0.3) is 0 Å². The summed E-state index contributed by atoms with van der Waals surface area (Å²) in [5.41, 5.74) is 0. The van der Waals surface area contributed by atoms with Gasteiger partial charge in [-0.1, -0.05) is 248 Å². The van der Waals surface area contributed by atoms with E-state index in [4.69, 9.17) is 0 Å². The van der Waals surface area contributed by atoms with Crippen molar-refractivity contribution in [2.24, 2.45) is 0 Å². The van der Waals surface area contributed by atoms with Gasteiger partial charge in [0.1, 0.15) is 0 Å². The molecule has 0 aromatic rings. The van der Waals surface area contributed by atoms with Crippen molar-refractivity contribution in [3.05, 3.63) is 60.8 Å². The Hall–Kier alpha value is -1.91. The van der Waals surface area contributed by atoms with E-state index in [2.05, 4.69) is 67.8 Å². The van der Waals surface area contributed by atoms with Gasteiger partial charge < -0.3 is 15.5 Å². The fourth-order valence-electron chi connectivity index (χ4n) is 7.89. The Morgan fingerprint density at radius 1 is 0.400 bits per heavy atom. The van der Waals surface area contributed by atoms with E-state index in [0.717, 1.165) is 51.4 Å². The minimum absolute atomic E-state index is 0.0858. The van der Waals surface area contributed by atoms with Gasteiger partial charge in [-0.2, -0.15) is 0 Å². The summed E-state index contributed by atoms with van der Waals surface area (Å²) in [6.07, 6.45) is 72.3. The second kappa shape index (κ2) is 51.4. The van der Waals surface area contributed by atoms with Gasteiger partial charge in [0.05, 0.1) is 18.8 Å². The lowest BCUT2D eigenvalue weighted by Crippen LogP contribution is -2.45. The van der Waals surface area contributed by atoms with Crippen LogP contribution in [0.25, 0.3) is 0 Å². The summed E-state index contributed by atoms with van der Waals surface area (Å²) in [5.74, 6) is -0.0858. The number of amides is 1. The van der Waals surface area contributed by atoms with E-state index in [1.54, 1.807) is 6.08 Å². The molecule has 0 aliphatic rings. The third-order valence-electron chi connectivity index (χ3n) is 12.0. The van der Waals surface area contributed by atoms with E-state index < -0.39 is 12.1 Å². The smallest absolute Gasteiger partial charge is 0.220 e. The molecule has 2 atom stereocenters. The zero-order chi connectivity index (χ0) is 43.5. The molecule has 0 saturated carbocycles. The maximum atomic E-state index is 12.4. The Morgan fingerprint density at radius 3 is 1.08 bits per heavy atom. The molecule has 0 heterocycles. The number of hydrogen-bond donors (Lipinski definition) is 3. The number of aliphatic hydroxyl groups is 2. The summed E-state index contributed by atoms with van der Waals surface area (Å²) in [7, 11) is 0. The average molecular weight is 838 g/mol. The standard InChI is InChI=1S/C56H103NO3/c1-3-5-7-9-11-13-15-17-19-21-23-24-25-26-27-28-29-30-31-32-33-34-35-37-39-41-43-45-47-49-51-55(59)54(53-58)57-56(60)52-50-48-46-44-42-40-38-36-22-20-18-16-14-12-10-8-6-4-2/h14,16,20,22,34-35,41,43,49,51,54-55,58-59H,3-13,15,17-19,21,23-33,36-40,42,44-48,50,52-53H2,1-2H3,(H,57,60)/b16-14-,22-20-,35-34+,43-41+,51-49+. The molecule has 2 unspecified atom stereocenters. The quantitative estimate of drug-likeness (QED) is 0.0422. The minimum atomic E-state index is -0.876. The topological polar surface area (TPSA) is 69.6 Å². The largest absolute Gasteiger partial charge is 0.394 e. The first kappa shape index (κ1) is 58.1. The molecule has 0 radical (unpaired) electrons. The first-order valence-corrected chi connectivity index (χ1v) is 26.5. The van der Waals surface area contributed by atoms with Gasteiger partial charge >= 0.3 is 0 Å². The third kappa shape index (κ3) is 47.1.